The van der Waals surface area contributed by atoms with Gasteiger partial charge in [0.15, 0.2) is 5.82 Å². The number of hydrogen-bond donors (Lipinski definition) is 1. The molecule has 0 saturated heterocycles. The van der Waals surface area contributed by atoms with Crippen molar-refractivity contribution in [1.29, 1.82) is 0 Å². The number of aromatic nitrogens is 2. The van der Waals surface area contributed by atoms with E-state index < -0.39 is 5.82 Å². The quantitative estimate of drug-likeness (QED) is 0.621. The van der Waals surface area contributed by atoms with Gasteiger partial charge >= 0.3 is 0 Å². The van der Waals surface area contributed by atoms with E-state index in [0.29, 0.717) is 0 Å². The minimum Gasteiger partial charge on any atom is -0.368 e. The van der Waals surface area contributed by atoms with Gasteiger partial charge in [0.1, 0.15) is 0 Å². The molecule has 0 fully saturated rings. The van der Waals surface area contributed by atoms with Crippen LogP contribution in [-0.4, -0.2) is 9.97 Å². The van der Waals surface area contributed by atoms with Gasteiger partial charge in [-0.2, -0.15) is 0 Å². The molecule has 1 heterocycles. The first-order valence-electron chi connectivity index (χ1n) is 3.45. The Morgan fingerprint density at radius 2 is 2.00 bits per heavy atom. The first-order chi connectivity index (χ1) is 5.20. The number of halogens is 1. The van der Waals surface area contributed by atoms with Gasteiger partial charge in [-0.3, -0.25) is 0 Å². The van der Waals surface area contributed by atoms with Crippen molar-refractivity contribution in [3.63, 3.8) is 0 Å². The molecular weight excluding hydrogens is 145 g/mol. The van der Waals surface area contributed by atoms with Gasteiger partial charge in [0.25, 0.3) is 0 Å². The summed E-state index contributed by atoms with van der Waals surface area (Å²) < 4.78 is 12.3. The molecule has 0 amide bonds. The molecule has 0 spiro atoms. The van der Waals surface area contributed by atoms with Crippen molar-refractivity contribution in [2.75, 3.05) is 5.73 Å². The van der Waals surface area contributed by atoms with E-state index in [-0.39, 0.29) is 11.6 Å². The van der Waals surface area contributed by atoms with Crippen molar-refractivity contribution >= 4 is 5.95 Å². The molecular formula is C7H12FN3. The molecule has 0 aliphatic rings. The zero-order chi connectivity index (χ0) is 8.85. The Labute approximate surface area is 65.5 Å². The third-order valence-electron chi connectivity index (χ3n) is 0.938. The Morgan fingerprint density at radius 3 is 2.36 bits per heavy atom. The fraction of sp³-hybridized carbons (Fsp3) is 0.429. The highest BCUT2D eigenvalue weighted by atomic mass is 19.1. The second-order valence-corrected chi connectivity index (χ2v) is 1.66. The van der Waals surface area contributed by atoms with Crippen molar-refractivity contribution in [3.05, 3.63) is 17.7 Å². The topological polar surface area (TPSA) is 51.8 Å². The van der Waals surface area contributed by atoms with Crippen LogP contribution < -0.4 is 5.73 Å². The van der Waals surface area contributed by atoms with E-state index in [4.69, 9.17) is 5.73 Å². The van der Waals surface area contributed by atoms with Crippen LogP contribution in [0.5, 0.6) is 0 Å². The predicted molar refractivity (Wildman–Crippen MR) is 42.5 cm³/mol. The summed E-state index contributed by atoms with van der Waals surface area (Å²) in [5, 5.41) is 0. The van der Waals surface area contributed by atoms with Crippen LogP contribution >= 0.6 is 0 Å². The van der Waals surface area contributed by atoms with Crippen molar-refractivity contribution in [1.82, 2.24) is 9.97 Å². The van der Waals surface area contributed by atoms with Crippen LogP contribution in [0.1, 0.15) is 19.5 Å². The summed E-state index contributed by atoms with van der Waals surface area (Å²) >= 11 is 0. The molecule has 1 aromatic rings. The highest BCUT2D eigenvalue weighted by Crippen LogP contribution is 2.00. The summed E-state index contributed by atoms with van der Waals surface area (Å²) in [6, 6.07) is 0. The normalized spacial score (nSPS) is 8.36. The molecule has 0 aliphatic heterocycles. The van der Waals surface area contributed by atoms with E-state index in [9.17, 15) is 4.39 Å². The number of hydrogen-bond acceptors (Lipinski definition) is 3. The van der Waals surface area contributed by atoms with Crippen LogP contribution in [0.2, 0.25) is 0 Å². The average Bonchev–Trinajstić information content (AvgIpc) is 2.02. The molecule has 0 bridgehead atoms. The Balaban J connectivity index is 0.000000461. The van der Waals surface area contributed by atoms with Gasteiger partial charge in [-0.25, -0.2) is 14.4 Å². The summed E-state index contributed by atoms with van der Waals surface area (Å²) in [6.07, 6.45) is 1.05. The zero-order valence-corrected chi connectivity index (χ0v) is 6.93. The molecule has 0 unspecified atom stereocenters. The van der Waals surface area contributed by atoms with Gasteiger partial charge in [-0.05, 0) is 6.92 Å². The summed E-state index contributed by atoms with van der Waals surface area (Å²) in [4.78, 5) is 7.00. The lowest BCUT2D eigenvalue weighted by atomic mass is 10.4. The van der Waals surface area contributed by atoms with Crippen molar-refractivity contribution in [3.8, 4) is 0 Å². The van der Waals surface area contributed by atoms with Gasteiger partial charge in [-0.15, -0.1) is 0 Å². The molecule has 0 radical (unpaired) electrons. The van der Waals surface area contributed by atoms with E-state index >= 15 is 0 Å². The van der Waals surface area contributed by atoms with Crippen molar-refractivity contribution in [2.45, 2.75) is 20.8 Å². The van der Waals surface area contributed by atoms with Gasteiger partial charge in [0.05, 0.1) is 11.9 Å². The van der Waals surface area contributed by atoms with Gasteiger partial charge < -0.3 is 5.73 Å². The molecule has 0 saturated carbocycles. The maximum Gasteiger partial charge on any atom is 0.220 e. The van der Waals surface area contributed by atoms with Crippen LogP contribution in [-0.2, 0) is 0 Å². The molecule has 1 rings (SSSR count). The van der Waals surface area contributed by atoms with Gasteiger partial charge in [-0.1, -0.05) is 13.8 Å². The Hall–Kier alpha value is -1.19. The number of anilines is 1. The Kier molecular flexibility index (Phi) is 4.10. The number of rotatable bonds is 0. The third kappa shape index (κ3) is 2.93. The SMILES string of the molecule is CC.Cc1nc(N)ncc1F. The number of nitrogens with zero attached hydrogens (tertiary/aromatic N) is 2. The minimum atomic E-state index is -0.427. The monoisotopic (exact) mass is 157 g/mol. The molecule has 62 valence electrons. The molecule has 0 atom stereocenters. The summed E-state index contributed by atoms with van der Waals surface area (Å²) in [6.45, 7) is 5.54. The predicted octanol–water partition coefficient (Wildman–Crippen LogP) is 1.53. The summed E-state index contributed by atoms with van der Waals surface area (Å²) in [5.74, 6) is -0.321. The van der Waals surface area contributed by atoms with Crippen LogP contribution in [0.4, 0.5) is 10.3 Å². The molecule has 1 aromatic heterocycles. The second-order valence-electron chi connectivity index (χ2n) is 1.66. The number of aryl methyl sites for hydroxylation is 1. The highest BCUT2D eigenvalue weighted by Gasteiger charge is 1.96. The highest BCUT2D eigenvalue weighted by molar-refractivity contribution is 5.17. The standard InChI is InChI=1S/C5H6FN3.C2H6/c1-3-4(6)2-8-5(7)9-3;1-2/h2H,1H3,(H2,7,8,9);1-2H3. The lowest BCUT2D eigenvalue weighted by Crippen LogP contribution is -1.97. The first kappa shape index (κ1) is 9.81. The Bertz CT molecular complexity index is 225. The lowest BCUT2D eigenvalue weighted by Gasteiger charge is -1.93. The number of nitrogen functional groups attached to an aromatic ring is 1. The lowest BCUT2D eigenvalue weighted by molar-refractivity contribution is 0.603. The largest absolute Gasteiger partial charge is 0.368 e. The van der Waals surface area contributed by atoms with Crippen LogP contribution in [0.15, 0.2) is 6.20 Å². The maximum absolute atomic E-state index is 12.3. The smallest absolute Gasteiger partial charge is 0.220 e. The Morgan fingerprint density at radius 1 is 1.45 bits per heavy atom. The van der Waals surface area contributed by atoms with Gasteiger partial charge in [0, 0.05) is 0 Å². The van der Waals surface area contributed by atoms with Crippen LogP contribution in [0, 0.1) is 12.7 Å². The van der Waals surface area contributed by atoms with E-state index in [0.717, 1.165) is 6.20 Å². The van der Waals surface area contributed by atoms with E-state index in [1.165, 1.54) is 6.92 Å². The third-order valence-corrected chi connectivity index (χ3v) is 0.938. The van der Waals surface area contributed by atoms with Crippen LogP contribution in [0.25, 0.3) is 0 Å². The van der Waals surface area contributed by atoms with E-state index in [1.54, 1.807) is 0 Å². The fourth-order valence-corrected chi connectivity index (χ4v) is 0.470. The van der Waals surface area contributed by atoms with E-state index in [1.807, 2.05) is 13.8 Å². The summed E-state index contributed by atoms with van der Waals surface area (Å²) in [7, 11) is 0. The van der Waals surface area contributed by atoms with E-state index in [2.05, 4.69) is 9.97 Å². The average molecular weight is 157 g/mol. The molecule has 2 N–H and O–H groups in total. The molecule has 4 heteroatoms. The second kappa shape index (κ2) is 4.60. The first-order valence-corrected chi connectivity index (χ1v) is 3.45. The fourth-order valence-electron chi connectivity index (χ4n) is 0.470. The van der Waals surface area contributed by atoms with Crippen molar-refractivity contribution < 1.29 is 4.39 Å². The number of nitrogens with two attached hydrogens (primary N) is 1. The molecule has 0 aromatic carbocycles. The molecule has 3 nitrogen and oxygen atoms in total. The zero-order valence-electron chi connectivity index (χ0n) is 6.93. The van der Waals surface area contributed by atoms with Crippen LogP contribution in [0.3, 0.4) is 0 Å². The molecule has 0 aliphatic carbocycles. The molecule has 11 heavy (non-hydrogen) atoms. The summed E-state index contributed by atoms with van der Waals surface area (Å²) in [5.41, 5.74) is 5.42. The maximum atomic E-state index is 12.3. The van der Waals surface area contributed by atoms with Gasteiger partial charge in [0.2, 0.25) is 5.95 Å². The minimum absolute atomic E-state index is 0.105. The van der Waals surface area contributed by atoms with Crippen molar-refractivity contribution in [2.24, 2.45) is 0 Å².